The molecule has 0 spiro atoms. The second kappa shape index (κ2) is 8.62. The zero-order valence-electron chi connectivity index (χ0n) is 12.5. The highest BCUT2D eigenvalue weighted by Gasteiger charge is 2.07. The summed E-state index contributed by atoms with van der Waals surface area (Å²) in [6.07, 6.45) is 1.66. The smallest absolute Gasteiger partial charge is 0.210 e. The molecule has 0 saturated heterocycles. The third-order valence-corrected chi connectivity index (χ3v) is 3.43. The molecule has 114 valence electrons. The number of hydrogen-bond acceptors (Lipinski definition) is 2. The minimum absolute atomic E-state index is 0.518. The Morgan fingerprint density at radius 2 is 1.00 bits per heavy atom. The monoisotopic (exact) mass is 296 g/mol. The first-order valence-corrected chi connectivity index (χ1v) is 7.28. The highest BCUT2D eigenvalue weighted by molar-refractivity contribution is 5.49. The summed E-state index contributed by atoms with van der Waals surface area (Å²) in [6.45, 7) is 2.15. The van der Waals surface area contributed by atoms with E-state index in [0.29, 0.717) is 26.2 Å². The van der Waals surface area contributed by atoms with Crippen LogP contribution in [0.4, 0.5) is 0 Å². The summed E-state index contributed by atoms with van der Waals surface area (Å²) in [5.41, 5.74) is 2.16. The van der Waals surface area contributed by atoms with E-state index in [2.05, 4.69) is 0 Å². The summed E-state index contributed by atoms with van der Waals surface area (Å²) in [7, 11) is 0. The quantitative estimate of drug-likeness (QED) is 0.666. The number of nitrogens with zero attached hydrogens (tertiary/aromatic N) is 2. The van der Waals surface area contributed by atoms with Gasteiger partial charge in [0.1, 0.15) is 0 Å². The van der Waals surface area contributed by atoms with Gasteiger partial charge in [0, 0.05) is 26.2 Å². The molecule has 0 atom stereocenters. The molecule has 0 N–H and O–H groups in total. The van der Waals surface area contributed by atoms with Gasteiger partial charge in [0.05, 0.1) is 0 Å². The van der Waals surface area contributed by atoms with Gasteiger partial charge in [0.25, 0.3) is 0 Å². The lowest BCUT2D eigenvalue weighted by molar-refractivity contribution is -0.122. The van der Waals surface area contributed by atoms with E-state index in [1.165, 1.54) is 0 Å². The minimum Gasteiger partial charge on any atom is -0.339 e. The first-order chi connectivity index (χ1) is 10.8. The van der Waals surface area contributed by atoms with Crippen LogP contribution in [0, 0.1) is 0 Å². The van der Waals surface area contributed by atoms with Crippen molar-refractivity contribution in [2.75, 3.05) is 13.1 Å². The Balaban J connectivity index is 1.85. The van der Waals surface area contributed by atoms with E-state index in [1.807, 2.05) is 60.7 Å². The predicted octanol–water partition coefficient (Wildman–Crippen LogP) is 2.30. The summed E-state index contributed by atoms with van der Waals surface area (Å²) >= 11 is 0. The van der Waals surface area contributed by atoms with Crippen molar-refractivity contribution in [1.29, 1.82) is 0 Å². The maximum atomic E-state index is 11.2. The Morgan fingerprint density at radius 1 is 0.636 bits per heavy atom. The zero-order valence-corrected chi connectivity index (χ0v) is 12.5. The number of carbonyl (C=O) groups excluding carboxylic acids is 2. The Kier molecular flexibility index (Phi) is 6.18. The molecule has 4 nitrogen and oxygen atoms in total. The number of hydrogen-bond donors (Lipinski definition) is 0. The molecule has 0 aromatic heterocycles. The molecule has 0 unspecified atom stereocenters. The second-order valence-corrected chi connectivity index (χ2v) is 5.12. The van der Waals surface area contributed by atoms with E-state index in [9.17, 15) is 9.59 Å². The molecule has 0 radical (unpaired) electrons. The van der Waals surface area contributed by atoms with E-state index < -0.39 is 0 Å². The van der Waals surface area contributed by atoms with Gasteiger partial charge < -0.3 is 9.80 Å². The van der Waals surface area contributed by atoms with Gasteiger partial charge in [-0.2, -0.15) is 0 Å². The lowest BCUT2D eigenvalue weighted by atomic mass is 10.2. The third-order valence-electron chi connectivity index (χ3n) is 3.43. The molecule has 2 amide bonds. The lowest BCUT2D eigenvalue weighted by Crippen LogP contribution is -2.33. The van der Waals surface area contributed by atoms with Crippen molar-refractivity contribution in [2.45, 2.75) is 13.1 Å². The Morgan fingerprint density at radius 3 is 1.32 bits per heavy atom. The zero-order chi connectivity index (χ0) is 15.6. The van der Waals surface area contributed by atoms with Gasteiger partial charge in [-0.25, -0.2) is 0 Å². The van der Waals surface area contributed by atoms with Crippen LogP contribution in [0.2, 0.25) is 0 Å². The van der Waals surface area contributed by atoms with E-state index >= 15 is 0 Å². The third kappa shape index (κ3) is 5.05. The van der Waals surface area contributed by atoms with Crippen LogP contribution in [0.25, 0.3) is 0 Å². The van der Waals surface area contributed by atoms with Gasteiger partial charge in [-0.3, -0.25) is 9.59 Å². The SMILES string of the molecule is O=CN(CCN(C=O)Cc1ccccc1)Cc1ccccc1. The summed E-state index contributed by atoms with van der Waals surface area (Å²) < 4.78 is 0. The number of benzene rings is 2. The lowest BCUT2D eigenvalue weighted by Gasteiger charge is -2.22. The van der Waals surface area contributed by atoms with E-state index in [4.69, 9.17) is 0 Å². The van der Waals surface area contributed by atoms with Crippen LogP contribution in [-0.2, 0) is 22.7 Å². The number of amides is 2. The Bertz CT molecular complexity index is 519. The highest BCUT2D eigenvalue weighted by atomic mass is 16.1. The molecule has 0 aliphatic carbocycles. The number of rotatable bonds is 9. The second-order valence-electron chi connectivity index (χ2n) is 5.12. The average Bonchev–Trinajstić information content (AvgIpc) is 2.59. The topological polar surface area (TPSA) is 40.6 Å². The van der Waals surface area contributed by atoms with Crippen LogP contribution in [0.5, 0.6) is 0 Å². The largest absolute Gasteiger partial charge is 0.339 e. The van der Waals surface area contributed by atoms with Crippen LogP contribution in [0.3, 0.4) is 0 Å². The van der Waals surface area contributed by atoms with Gasteiger partial charge in [0.15, 0.2) is 0 Å². The van der Waals surface area contributed by atoms with E-state index in [1.54, 1.807) is 9.80 Å². The van der Waals surface area contributed by atoms with Crippen molar-refractivity contribution in [3.63, 3.8) is 0 Å². The molecule has 0 aliphatic rings. The van der Waals surface area contributed by atoms with Crippen LogP contribution in [-0.4, -0.2) is 35.7 Å². The summed E-state index contributed by atoms with van der Waals surface area (Å²) in [4.78, 5) is 25.7. The van der Waals surface area contributed by atoms with Crippen molar-refractivity contribution >= 4 is 12.8 Å². The molecule has 0 saturated carbocycles. The fourth-order valence-electron chi connectivity index (χ4n) is 2.23. The molecule has 0 fully saturated rings. The van der Waals surface area contributed by atoms with Gasteiger partial charge in [0.2, 0.25) is 12.8 Å². The summed E-state index contributed by atoms with van der Waals surface area (Å²) in [5, 5.41) is 0. The van der Waals surface area contributed by atoms with Crippen molar-refractivity contribution in [3.05, 3.63) is 71.8 Å². The minimum atomic E-state index is 0.518. The molecule has 22 heavy (non-hydrogen) atoms. The van der Waals surface area contributed by atoms with E-state index in [-0.39, 0.29) is 0 Å². The van der Waals surface area contributed by atoms with Crippen molar-refractivity contribution in [2.24, 2.45) is 0 Å². The molecule has 0 bridgehead atoms. The normalized spacial score (nSPS) is 10.0. The molecule has 0 heterocycles. The molecule has 4 heteroatoms. The van der Waals surface area contributed by atoms with Gasteiger partial charge in [-0.1, -0.05) is 60.7 Å². The maximum absolute atomic E-state index is 11.2. The van der Waals surface area contributed by atoms with Crippen LogP contribution >= 0.6 is 0 Å². The molecule has 2 rings (SSSR count). The van der Waals surface area contributed by atoms with Crippen LogP contribution in [0.15, 0.2) is 60.7 Å². The molecule has 0 aliphatic heterocycles. The summed E-state index contributed by atoms with van der Waals surface area (Å²) in [6, 6.07) is 19.6. The maximum Gasteiger partial charge on any atom is 0.210 e. The summed E-state index contributed by atoms with van der Waals surface area (Å²) in [5.74, 6) is 0. The molecule has 2 aromatic rings. The number of carbonyl (C=O) groups is 2. The molecular formula is C18H20N2O2. The first kappa shape index (κ1) is 15.8. The van der Waals surface area contributed by atoms with Gasteiger partial charge in [-0.05, 0) is 11.1 Å². The van der Waals surface area contributed by atoms with Crippen molar-refractivity contribution in [3.8, 4) is 0 Å². The highest BCUT2D eigenvalue weighted by Crippen LogP contribution is 2.05. The van der Waals surface area contributed by atoms with Gasteiger partial charge >= 0.3 is 0 Å². The average molecular weight is 296 g/mol. The Labute approximate surface area is 131 Å². The predicted molar refractivity (Wildman–Crippen MR) is 85.8 cm³/mol. The van der Waals surface area contributed by atoms with E-state index in [0.717, 1.165) is 23.9 Å². The van der Waals surface area contributed by atoms with Crippen molar-refractivity contribution in [1.82, 2.24) is 9.80 Å². The van der Waals surface area contributed by atoms with Crippen LogP contribution < -0.4 is 0 Å². The van der Waals surface area contributed by atoms with Crippen molar-refractivity contribution < 1.29 is 9.59 Å². The standard InChI is InChI=1S/C18H20N2O2/c21-15-19(13-17-7-3-1-4-8-17)11-12-20(16-22)14-18-9-5-2-6-10-18/h1-10,15-16H,11-14H2. The van der Waals surface area contributed by atoms with Gasteiger partial charge in [-0.15, -0.1) is 0 Å². The first-order valence-electron chi connectivity index (χ1n) is 7.28. The molecular weight excluding hydrogens is 276 g/mol. The Hall–Kier alpha value is -2.62. The fourth-order valence-corrected chi connectivity index (χ4v) is 2.23. The van der Waals surface area contributed by atoms with Crippen LogP contribution in [0.1, 0.15) is 11.1 Å². The fraction of sp³-hybridized carbons (Fsp3) is 0.222. The molecule has 2 aromatic carbocycles.